The highest BCUT2D eigenvalue weighted by Crippen LogP contribution is 2.35. The van der Waals surface area contributed by atoms with Crippen LogP contribution in [0.4, 0.5) is 0 Å². The van der Waals surface area contributed by atoms with Crippen LogP contribution in [0.5, 0.6) is 0 Å². The lowest BCUT2D eigenvalue weighted by Crippen LogP contribution is -2.63. The van der Waals surface area contributed by atoms with Gasteiger partial charge in [-0.15, -0.1) is 0 Å². The molecule has 4 heterocycles. The Labute approximate surface area is 178 Å². The molecule has 0 spiro atoms. The fourth-order valence-corrected chi connectivity index (χ4v) is 4.83. The Bertz CT molecular complexity index is 1410. The number of sulfonamides is 1. The number of fused-ring (bicyclic) bond motifs is 1. The van der Waals surface area contributed by atoms with E-state index in [0.717, 1.165) is 34.0 Å². The van der Waals surface area contributed by atoms with E-state index in [9.17, 15) is 13.7 Å². The van der Waals surface area contributed by atoms with Crippen molar-refractivity contribution in [3.63, 3.8) is 0 Å². The van der Waals surface area contributed by atoms with E-state index in [-0.39, 0.29) is 19.5 Å². The first-order valence-corrected chi connectivity index (χ1v) is 11.4. The van der Waals surface area contributed by atoms with E-state index < -0.39 is 15.6 Å². The van der Waals surface area contributed by atoms with Crippen molar-refractivity contribution in [1.29, 1.82) is 5.26 Å². The summed E-state index contributed by atoms with van der Waals surface area (Å²) < 4.78 is 26.6. The summed E-state index contributed by atoms with van der Waals surface area (Å²) in [6, 6.07) is 11.8. The minimum Gasteiger partial charge on any atom is -0.278 e. The zero-order valence-electron chi connectivity index (χ0n) is 16.6. The molecular weight excluding hydrogens is 416 g/mol. The highest BCUT2D eigenvalue weighted by atomic mass is 32.2. The molecule has 10 nitrogen and oxygen atoms in total. The van der Waals surface area contributed by atoms with Crippen molar-refractivity contribution in [3.8, 4) is 28.7 Å². The molecule has 0 unspecified atom stereocenters. The third-order valence-electron chi connectivity index (χ3n) is 5.57. The first-order chi connectivity index (χ1) is 14.9. The molecule has 0 atom stereocenters. The highest BCUT2D eigenvalue weighted by Gasteiger charge is 2.49. The number of hydrogen-bond donors (Lipinski definition) is 1. The molecule has 1 fully saturated rings. The number of aromatic amines is 1. The van der Waals surface area contributed by atoms with Crippen molar-refractivity contribution in [2.45, 2.75) is 12.0 Å². The average Bonchev–Trinajstić information content (AvgIpc) is 3.41. The molecule has 0 amide bonds. The van der Waals surface area contributed by atoms with Crippen LogP contribution in [0, 0.1) is 11.3 Å². The van der Waals surface area contributed by atoms with Crippen molar-refractivity contribution >= 4 is 20.9 Å². The molecule has 156 valence electrons. The van der Waals surface area contributed by atoms with Crippen molar-refractivity contribution in [2.75, 3.05) is 19.3 Å². The zero-order chi connectivity index (χ0) is 21.6. The number of aromatic nitrogens is 6. The van der Waals surface area contributed by atoms with E-state index in [0.29, 0.717) is 5.82 Å². The molecule has 1 aromatic carbocycles. The van der Waals surface area contributed by atoms with Gasteiger partial charge in [-0.25, -0.2) is 18.1 Å². The normalized spacial score (nSPS) is 16.1. The summed E-state index contributed by atoms with van der Waals surface area (Å²) in [6.07, 6.45) is 6.27. The monoisotopic (exact) mass is 434 g/mol. The van der Waals surface area contributed by atoms with Gasteiger partial charge in [0.2, 0.25) is 10.0 Å². The second-order valence-electron chi connectivity index (χ2n) is 7.67. The van der Waals surface area contributed by atoms with Gasteiger partial charge in [0.25, 0.3) is 0 Å². The molecule has 1 aliphatic rings. The Morgan fingerprint density at radius 3 is 2.77 bits per heavy atom. The van der Waals surface area contributed by atoms with Crippen LogP contribution in [0.2, 0.25) is 0 Å². The first-order valence-electron chi connectivity index (χ1n) is 9.53. The second kappa shape index (κ2) is 6.97. The molecule has 31 heavy (non-hydrogen) atoms. The second-order valence-corrected chi connectivity index (χ2v) is 9.65. The molecule has 1 N–H and O–H groups in total. The summed E-state index contributed by atoms with van der Waals surface area (Å²) in [6.45, 7) is 0.386. The zero-order valence-corrected chi connectivity index (χ0v) is 17.4. The van der Waals surface area contributed by atoms with Gasteiger partial charge in [-0.2, -0.15) is 19.8 Å². The van der Waals surface area contributed by atoms with Gasteiger partial charge in [0.15, 0.2) is 5.82 Å². The van der Waals surface area contributed by atoms with Gasteiger partial charge in [-0.05, 0) is 24.3 Å². The van der Waals surface area contributed by atoms with Gasteiger partial charge in [0, 0.05) is 42.0 Å². The fourth-order valence-electron chi connectivity index (χ4n) is 3.88. The number of pyridine rings is 1. The van der Waals surface area contributed by atoms with Crippen LogP contribution in [-0.2, 0) is 15.6 Å². The van der Waals surface area contributed by atoms with E-state index in [2.05, 4.69) is 31.3 Å². The molecule has 3 aromatic heterocycles. The molecular formula is C20H18N8O2S. The number of nitrogens with one attached hydrogen (secondary N) is 1. The summed E-state index contributed by atoms with van der Waals surface area (Å²) in [7, 11) is -3.32. The number of H-pyrrole nitrogens is 1. The van der Waals surface area contributed by atoms with Gasteiger partial charge >= 0.3 is 0 Å². The Morgan fingerprint density at radius 1 is 1.23 bits per heavy atom. The van der Waals surface area contributed by atoms with Crippen molar-refractivity contribution in [3.05, 3.63) is 49.1 Å². The maximum absolute atomic E-state index is 11.8. The van der Waals surface area contributed by atoms with E-state index in [1.807, 2.05) is 30.3 Å². The number of nitrogens with zero attached hydrogens (tertiary/aromatic N) is 7. The molecule has 1 saturated heterocycles. The van der Waals surface area contributed by atoms with E-state index in [1.165, 1.54) is 4.31 Å². The van der Waals surface area contributed by atoms with Crippen molar-refractivity contribution in [1.82, 2.24) is 34.3 Å². The lowest BCUT2D eigenvalue weighted by Gasteiger charge is -2.47. The Morgan fingerprint density at radius 2 is 2.06 bits per heavy atom. The van der Waals surface area contributed by atoms with E-state index in [4.69, 9.17) is 0 Å². The third kappa shape index (κ3) is 3.26. The summed E-state index contributed by atoms with van der Waals surface area (Å²) >= 11 is 0. The van der Waals surface area contributed by atoms with E-state index >= 15 is 0 Å². The number of nitriles is 1. The van der Waals surface area contributed by atoms with Crippen LogP contribution in [0.15, 0.2) is 49.1 Å². The number of rotatable bonds is 5. The van der Waals surface area contributed by atoms with Gasteiger partial charge in [0.1, 0.15) is 11.9 Å². The lowest BCUT2D eigenvalue weighted by atomic mass is 9.89. The average molecular weight is 434 g/mol. The molecule has 5 rings (SSSR count). The minimum absolute atomic E-state index is 0.137. The molecule has 1 aliphatic heterocycles. The highest BCUT2D eigenvalue weighted by molar-refractivity contribution is 7.88. The van der Waals surface area contributed by atoms with Gasteiger partial charge in [0.05, 0.1) is 30.0 Å². The molecule has 11 heteroatoms. The minimum atomic E-state index is -3.32. The Hall–Kier alpha value is -3.62. The van der Waals surface area contributed by atoms with Crippen LogP contribution < -0.4 is 0 Å². The SMILES string of the molecule is CS(=O)(=O)N1CC(CC#N)(n2cnc(-c3cc(-c4ccn[nH]4)cc4ncccc34)n2)C1. The molecule has 0 saturated carbocycles. The molecule has 0 aliphatic carbocycles. The van der Waals surface area contributed by atoms with Crippen LogP contribution in [0.3, 0.4) is 0 Å². The smallest absolute Gasteiger partial charge is 0.211 e. The summed E-state index contributed by atoms with van der Waals surface area (Å²) in [5.74, 6) is 0.481. The van der Waals surface area contributed by atoms with Crippen LogP contribution in [0.25, 0.3) is 33.5 Å². The maximum Gasteiger partial charge on any atom is 0.211 e. The summed E-state index contributed by atoms with van der Waals surface area (Å²) in [4.78, 5) is 8.97. The van der Waals surface area contributed by atoms with E-state index in [1.54, 1.807) is 23.4 Å². The summed E-state index contributed by atoms with van der Waals surface area (Å²) in [5.41, 5.74) is 2.60. The first kappa shape index (κ1) is 19.3. The molecule has 4 aromatic rings. The Kier molecular flexibility index (Phi) is 4.35. The number of hydrogen-bond acceptors (Lipinski definition) is 7. The van der Waals surface area contributed by atoms with Gasteiger partial charge in [-0.1, -0.05) is 6.07 Å². The molecule has 0 bridgehead atoms. The topological polar surface area (TPSA) is 133 Å². The Balaban J connectivity index is 1.59. The quantitative estimate of drug-likeness (QED) is 0.506. The fraction of sp³-hybridized carbons (Fsp3) is 0.250. The standard InChI is InChI=1S/C20H18N8O2S/c1-31(29,30)27-11-20(12-27,5-6-21)28-13-23-19(26-28)16-9-14(17-4-8-24-25-17)10-18-15(16)3-2-7-22-18/h2-4,7-10,13H,5,11-12H2,1H3,(H,24,25). The third-order valence-corrected chi connectivity index (χ3v) is 6.77. The summed E-state index contributed by atoms with van der Waals surface area (Å²) in [5, 5.41) is 21.9. The van der Waals surface area contributed by atoms with Crippen LogP contribution in [0.1, 0.15) is 6.42 Å². The largest absolute Gasteiger partial charge is 0.278 e. The van der Waals surface area contributed by atoms with Gasteiger partial charge in [-0.3, -0.25) is 10.1 Å². The van der Waals surface area contributed by atoms with Crippen LogP contribution >= 0.6 is 0 Å². The van der Waals surface area contributed by atoms with Crippen LogP contribution in [-0.4, -0.2) is 62.0 Å². The van der Waals surface area contributed by atoms with Crippen molar-refractivity contribution in [2.24, 2.45) is 0 Å². The number of benzene rings is 1. The predicted molar refractivity (Wildman–Crippen MR) is 113 cm³/mol. The van der Waals surface area contributed by atoms with Crippen molar-refractivity contribution < 1.29 is 8.42 Å². The molecule has 0 radical (unpaired) electrons. The lowest BCUT2D eigenvalue weighted by molar-refractivity contribution is 0.0722. The predicted octanol–water partition coefficient (Wildman–Crippen LogP) is 1.77. The maximum atomic E-state index is 11.8. The van der Waals surface area contributed by atoms with Gasteiger partial charge < -0.3 is 0 Å².